The van der Waals surface area contributed by atoms with E-state index in [2.05, 4.69) is 15.9 Å². The van der Waals surface area contributed by atoms with Gasteiger partial charge in [-0.1, -0.05) is 0 Å². The number of rotatable bonds is 2. The van der Waals surface area contributed by atoms with E-state index < -0.39 is 39.4 Å². The van der Waals surface area contributed by atoms with Gasteiger partial charge < -0.3 is 20.4 Å². The number of halogens is 2. The zero-order chi connectivity index (χ0) is 11.7. The Kier molecular flexibility index (Phi) is 3.15. The zero-order valence-corrected chi connectivity index (χ0v) is 8.69. The first kappa shape index (κ1) is 11.7. The van der Waals surface area contributed by atoms with E-state index >= 15 is 0 Å². The molecule has 0 fully saturated rings. The number of hydrogen-bond donors (Lipinski definition) is 4. The van der Waals surface area contributed by atoms with Gasteiger partial charge in [0.15, 0.2) is 17.6 Å². The summed E-state index contributed by atoms with van der Waals surface area (Å²) in [5.74, 6) is -4.37. The second-order valence-electron chi connectivity index (χ2n) is 2.69. The van der Waals surface area contributed by atoms with Gasteiger partial charge in [0.05, 0.1) is 10.0 Å². The molecule has 82 valence electrons. The maximum absolute atomic E-state index is 13.0. The molecule has 0 aromatic heterocycles. The molecule has 5 nitrogen and oxygen atoms in total. The van der Waals surface area contributed by atoms with Gasteiger partial charge in [0.2, 0.25) is 0 Å². The maximum Gasteiger partial charge on any atom is 0.337 e. The fourth-order valence-electron chi connectivity index (χ4n) is 0.995. The van der Waals surface area contributed by atoms with Crippen LogP contribution in [0.3, 0.4) is 0 Å². The molecule has 4 N–H and O–H groups in total. The minimum atomic E-state index is -2.12. The average Bonchev–Trinajstić information content (AvgIpc) is 2.15. The van der Waals surface area contributed by atoms with Gasteiger partial charge in [-0.15, -0.1) is 0 Å². The number of phenolic OH excluding ortho intramolecular Hbond substituents is 2. The molecule has 0 radical (unpaired) electrons. The third-order valence-electron chi connectivity index (χ3n) is 1.71. The molecular formula is C8H6BrFO5. The lowest BCUT2D eigenvalue weighted by molar-refractivity contribution is -0.147. The molecule has 0 heterocycles. The van der Waals surface area contributed by atoms with Crippen molar-refractivity contribution in [2.24, 2.45) is 0 Å². The van der Waals surface area contributed by atoms with E-state index in [1.54, 1.807) is 0 Å². The number of aliphatic carboxylic acids is 1. The second-order valence-corrected chi connectivity index (χ2v) is 3.49. The standard InChI is InChI=1S/C8H6BrFO5/c9-5-2(10)1-3(11)6(12)4(5)7(13)8(14)15/h1,7,11-13H,(H,14,15). The van der Waals surface area contributed by atoms with Crippen LogP contribution < -0.4 is 0 Å². The van der Waals surface area contributed by atoms with Gasteiger partial charge >= 0.3 is 5.97 Å². The molecular weight excluding hydrogens is 275 g/mol. The highest BCUT2D eigenvalue weighted by molar-refractivity contribution is 9.10. The van der Waals surface area contributed by atoms with Gasteiger partial charge in [-0.05, 0) is 15.9 Å². The third kappa shape index (κ3) is 2.02. The van der Waals surface area contributed by atoms with Gasteiger partial charge in [0.25, 0.3) is 0 Å². The Labute approximate surface area is 91.5 Å². The highest BCUT2D eigenvalue weighted by Crippen LogP contribution is 2.40. The molecule has 1 aromatic carbocycles. The molecule has 0 aliphatic carbocycles. The van der Waals surface area contributed by atoms with Crippen LogP contribution in [0.1, 0.15) is 11.7 Å². The lowest BCUT2D eigenvalue weighted by Crippen LogP contribution is -2.12. The van der Waals surface area contributed by atoms with Crippen LogP contribution >= 0.6 is 15.9 Å². The molecule has 1 atom stereocenters. The van der Waals surface area contributed by atoms with E-state index in [-0.39, 0.29) is 0 Å². The van der Waals surface area contributed by atoms with Crippen molar-refractivity contribution in [2.75, 3.05) is 0 Å². The van der Waals surface area contributed by atoms with Gasteiger partial charge in [-0.3, -0.25) is 0 Å². The topological polar surface area (TPSA) is 98.0 Å². The Hall–Kier alpha value is -1.34. The van der Waals surface area contributed by atoms with Gasteiger partial charge in [-0.25, -0.2) is 9.18 Å². The fourth-order valence-corrected chi connectivity index (χ4v) is 1.51. The number of aliphatic hydroxyl groups excluding tert-OH is 1. The first-order chi connectivity index (χ1) is 6.86. The van der Waals surface area contributed by atoms with Crippen LogP contribution in [0.2, 0.25) is 0 Å². The number of hydrogen-bond acceptors (Lipinski definition) is 4. The van der Waals surface area contributed by atoms with Crippen LogP contribution in [0.15, 0.2) is 10.5 Å². The summed E-state index contributed by atoms with van der Waals surface area (Å²) in [5.41, 5.74) is -0.625. The Morgan fingerprint density at radius 1 is 1.47 bits per heavy atom. The molecule has 0 aliphatic rings. The quantitative estimate of drug-likeness (QED) is 0.609. The molecule has 0 spiro atoms. The summed E-state index contributed by atoms with van der Waals surface area (Å²) in [7, 11) is 0. The van der Waals surface area contributed by atoms with Crippen LogP contribution in [0.4, 0.5) is 4.39 Å². The molecule has 0 amide bonds. The van der Waals surface area contributed by atoms with Crippen LogP contribution in [-0.2, 0) is 4.79 Å². The van der Waals surface area contributed by atoms with Crippen molar-refractivity contribution in [3.8, 4) is 11.5 Å². The predicted molar refractivity (Wildman–Crippen MR) is 50.0 cm³/mol. The molecule has 1 aromatic rings. The van der Waals surface area contributed by atoms with Crippen LogP contribution in [0, 0.1) is 5.82 Å². The minimum absolute atomic E-state index is 0.410. The summed E-state index contributed by atoms with van der Waals surface area (Å²) in [4.78, 5) is 10.4. The summed E-state index contributed by atoms with van der Waals surface area (Å²) in [6, 6.07) is 0.595. The van der Waals surface area contributed by atoms with E-state index in [0.29, 0.717) is 6.07 Å². The van der Waals surface area contributed by atoms with Gasteiger partial charge in [0.1, 0.15) is 5.82 Å². The molecule has 7 heteroatoms. The zero-order valence-electron chi connectivity index (χ0n) is 7.11. The SMILES string of the molecule is O=C(O)C(O)c1c(O)c(O)cc(F)c1Br. The first-order valence-electron chi connectivity index (χ1n) is 3.67. The van der Waals surface area contributed by atoms with E-state index in [9.17, 15) is 14.3 Å². The number of carboxylic acids is 1. The molecule has 0 aliphatic heterocycles. The Balaban J connectivity index is 3.45. The number of aliphatic hydroxyl groups is 1. The van der Waals surface area contributed by atoms with E-state index in [1.165, 1.54) is 0 Å². The van der Waals surface area contributed by atoms with Crippen molar-refractivity contribution < 1.29 is 29.6 Å². The van der Waals surface area contributed by atoms with Crippen molar-refractivity contribution in [2.45, 2.75) is 6.10 Å². The number of carbonyl (C=O) groups is 1. The average molecular weight is 281 g/mol. The third-order valence-corrected chi connectivity index (χ3v) is 2.52. The maximum atomic E-state index is 13.0. The van der Waals surface area contributed by atoms with Crippen molar-refractivity contribution >= 4 is 21.9 Å². The smallest absolute Gasteiger partial charge is 0.337 e. The largest absolute Gasteiger partial charge is 0.504 e. The lowest BCUT2D eigenvalue weighted by atomic mass is 10.1. The van der Waals surface area contributed by atoms with Crippen LogP contribution in [0.25, 0.3) is 0 Å². The minimum Gasteiger partial charge on any atom is -0.504 e. The number of phenols is 2. The Bertz CT molecular complexity index is 394. The first-order valence-corrected chi connectivity index (χ1v) is 4.46. The van der Waals surface area contributed by atoms with Crippen LogP contribution in [0.5, 0.6) is 11.5 Å². The lowest BCUT2D eigenvalue weighted by Gasteiger charge is -2.12. The second kappa shape index (κ2) is 4.03. The summed E-state index contributed by atoms with van der Waals surface area (Å²) in [6.07, 6.45) is -2.12. The predicted octanol–water partition coefficient (Wildman–Crippen LogP) is 1.12. The van der Waals surface area contributed by atoms with Gasteiger partial charge in [0, 0.05) is 6.07 Å². The van der Waals surface area contributed by atoms with E-state index in [4.69, 9.17) is 15.3 Å². The summed E-state index contributed by atoms with van der Waals surface area (Å²) < 4.78 is 12.6. The molecule has 15 heavy (non-hydrogen) atoms. The number of carboxylic acid groups (broad SMARTS) is 1. The summed E-state index contributed by atoms with van der Waals surface area (Å²) >= 11 is 2.66. The van der Waals surface area contributed by atoms with E-state index in [0.717, 1.165) is 0 Å². The van der Waals surface area contributed by atoms with Crippen molar-refractivity contribution in [1.82, 2.24) is 0 Å². The van der Waals surface area contributed by atoms with Gasteiger partial charge in [-0.2, -0.15) is 0 Å². The van der Waals surface area contributed by atoms with Crippen molar-refractivity contribution in [1.29, 1.82) is 0 Å². The highest BCUT2D eigenvalue weighted by Gasteiger charge is 2.26. The van der Waals surface area contributed by atoms with E-state index in [1.807, 2.05) is 0 Å². The monoisotopic (exact) mass is 280 g/mol. The Morgan fingerprint density at radius 2 is 2.00 bits per heavy atom. The highest BCUT2D eigenvalue weighted by atomic mass is 79.9. The number of benzene rings is 1. The molecule has 1 unspecified atom stereocenters. The van der Waals surface area contributed by atoms with Crippen molar-refractivity contribution in [3.63, 3.8) is 0 Å². The summed E-state index contributed by atoms with van der Waals surface area (Å²) in [5, 5.41) is 35.9. The normalized spacial score (nSPS) is 12.5. The molecule has 0 saturated heterocycles. The molecule has 0 bridgehead atoms. The fraction of sp³-hybridized carbons (Fsp3) is 0.125. The van der Waals surface area contributed by atoms with Crippen LogP contribution in [-0.4, -0.2) is 26.4 Å². The molecule has 0 saturated carbocycles. The summed E-state index contributed by atoms with van der Waals surface area (Å²) in [6.45, 7) is 0. The Morgan fingerprint density at radius 3 is 2.47 bits per heavy atom. The molecule has 1 rings (SSSR count). The van der Waals surface area contributed by atoms with Crippen molar-refractivity contribution in [3.05, 3.63) is 21.9 Å². The number of aromatic hydroxyl groups is 2.